The van der Waals surface area contributed by atoms with E-state index >= 15 is 0 Å². The summed E-state index contributed by atoms with van der Waals surface area (Å²) < 4.78 is 5.10. The Kier molecular flexibility index (Phi) is 3.95. The SMILES string of the molecule is COc1cccc(/C(=N\O)c2cc(C(=O)O)ccn2)c1. The van der Waals surface area contributed by atoms with E-state index in [0.29, 0.717) is 11.3 Å². The van der Waals surface area contributed by atoms with Crippen molar-refractivity contribution in [2.45, 2.75) is 0 Å². The maximum absolute atomic E-state index is 11.0. The lowest BCUT2D eigenvalue weighted by molar-refractivity contribution is 0.0696. The monoisotopic (exact) mass is 272 g/mol. The molecule has 0 aliphatic carbocycles. The summed E-state index contributed by atoms with van der Waals surface area (Å²) in [6.45, 7) is 0. The Bertz CT molecular complexity index is 668. The number of methoxy groups -OCH3 is 1. The molecule has 0 bridgehead atoms. The second kappa shape index (κ2) is 5.83. The first kappa shape index (κ1) is 13.5. The standard InChI is InChI=1S/C14H12N2O4/c1-20-11-4-2-3-9(7-11)13(16-19)12-8-10(14(17)18)5-6-15-12/h2-8,19H,1H3,(H,17,18)/b16-13+. The molecule has 0 aliphatic heterocycles. The first-order valence-corrected chi connectivity index (χ1v) is 5.72. The molecule has 102 valence electrons. The summed E-state index contributed by atoms with van der Waals surface area (Å²) in [5, 5.41) is 21.4. The molecule has 0 amide bonds. The van der Waals surface area contributed by atoms with Gasteiger partial charge in [-0.15, -0.1) is 0 Å². The fourth-order valence-corrected chi connectivity index (χ4v) is 1.72. The van der Waals surface area contributed by atoms with Crippen LogP contribution in [0.4, 0.5) is 0 Å². The van der Waals surface area contributed by atoms with Crippen LogP contribution in [0.3, 0.4) is 0 Å². The normalized spacial score (nSPS) is 11.2. The van der Waals surface area contributed by atoms with E-state index in [9.17, 15) is 10.0 Å². The lowest BCUT2D eigenvalue weighted by atomic mass is 10.1. The zero-order chi connectivity index (χ0) is 14.5. The van der Waals surface area contributed by atoms with Gasteiger partial charge >= 0.3 is 5.97 Å². The number of nitrogens with zero attached hydrogens (tertiary/aromatic N) is 2. The molecule has 1 aromatic carbocycles. The van der Waals surface area contributed by atoms with Gasteiger partial charge in [-0.2, -0.15) is 0 Å². The van der Waals surface area contributed by atoms with E-state index in [1.54, 1.807) is 24.3 Å². The van der Waals surface area contributed by atoms with E-state index in [1.165, 1.54) is 25.4 Å². The maximum atomic E-state index is 11.0. The van der Waals surface area contributed by atoms with Gasteiger partial charge in [-0.25, -0.2) is 4.79 Å². The molecule has 6 nitrogen and oxygen atoms in total. The number of rotatable bonds is 4. The van der Waals surface area contributed by atoms with Gasteiger partial charge in [-0.1, -0.05) is 17.3 Å². The third-order valence-electron chi connectivity index (χ3n) is 2.69. The van der Waals surface area contributed by atoms with Crippen molar-refractivity contribution in [3.63, 3.8) is 0 Å². The van der Waals surface area contributed by atoms with E-state index < -0.39 is 5.97 Å². The van der Waals surface area contributed by atoms with Crippen LogP contribution in [-0.2, 0) is 0 Å². The Morgan fingerprint density at radius 3 is 2.70 bits per heavy atom. The number of pyridine rings is 1. The molecule has 0 aliphatic rings. The molecular weight excluding hydrogens is 260 g/mol. The molecule has 0 radical (unpaired) electrons. The first-order chi connectivity index (χ1) is 9.65. The van der Waals surface area contributed by atoms with Crippen LogP contribution in [0.2, 0.25) is 0 Å². The minimum absolute atomic E-state index is 0.0686. The van der Waals surface area contributed by atoms with Crippen LogP contribution in [0.1, 0.15) is 21.6 Å². The summed E-state index contributed by atoms with van der Waals surface area (Å²) in [6.07, 6.45) is 1.35. The summed E-state index contributed by atoms with van der Waals surface area (Å²) in [6, 6.07) is 9.58. The first-order valence-electron chi connectivity index (χ1n) is 5.72. The summed E-state index contributed by atoms with van der Waals surface area (Å²) in [5.74, 6) is -0.477. The van der Waals surface area contributed by atoms with Crippen LogP contribution in [0, 0.1) is 0 Å². The Hall–Kier alpha value is -2.89. The van der Waals surface area contributed by atoms with Crippen molar-refractivity contribution in [3.8, 4) is 5.75 Å². The molecule has 1 heterocycles. The fourth-order valence-electron chi connectivity index (χ4n) is 1.72. The van der Waals surface area contributed by atoms with Crippen LogP contribution >= 0.6 is 0 Å². The minimum Gasteiger partial charge on any atom is -0.497 e. The van der Waals surface area contributed by atoms with Gasteiger partial charge in [0.05, 0.1) is 18.4 Å². The Labute approximate surface area is 115 Å². The largest absolute Gasteiger partial charge is 0.497 e. The Morgan fingerprint density at radius 2 is 2.05 bits per heavy atom. The van der Waals surface area contributed by atoms with Gasteiger partial charge in [0.25, 0.3) is 0 Å². The smallest absolute Gasteiger partial charge is 0.335 e. The number of oxime groups is 1. The number of carboxylic acid groups (broad SMARTS) is 1. The molecule has 2 N–H and O–H groups in total. The van der Waals surface area contributed by atoms with E-state index in [1.807, 2.05) is 0 Å². The minimum atomic E-state index is -1.07. The molecule has 20 heavy (non-hydrogen) atoms. The van der Waals surface area contributed by atoms with Gasteiger partial charge in [-0.3, -0.25) is 4.98 Å². The highest BCUT2D eigenvalue weighted by molar-refractivity contribution is 6.12. The predicted octanol–water partition coefficient (Wildman–Crippen LogP) is 2.01. The zero-order valence-corrected chi connectivity index (χ0v) is 10.6. The molecule has 0 saturated heterocycles. The number of hydrogen-bond acceptors (Lipinski definition) is 5. The molecule has 1 aromatic heterocycles. The van der Waals surface area contributed by atoms with Crippen molar-refractivity contribution in [1.82, 2.24) is 4.98 Å². The molecule has 0 atom stereocenters. The third kappa shape index (κ3) is 2.74. The number of aromatic nitrogens is 1. The molecule has 2 rings (SSSR count). The number of aromatic carboxylic acids is 1. The Morgan fingerprint density at radius 1 is 1.25 bits per heavy atom. The van der Waals surface area contributed by atoms with Gasteiger partial charge in [0, 0.05) is 11.8 Å². The average Bonchev–Trinajstić information content (AvgIpc) is 2.48. The van der Waals surface area contributed by atoms with Crippen molar-refractivity contribution in [3.05, 3.63) is 59.4 Å². The Balaban J connectivity index is 2.47. The number of carbonyl (C=O) groups is 1. The number of hydrogen-bond donors (Lipinski definition) is 2. The lowest BCUT2D eigenvalue weighted by Crippen LogP contribution is -2.08. The molecule has 0 spiro atoms. The highest BCUT2D eigenvalue weighted by Gasteiger charge is 2.13. The quantitative estimate of drug-likeness (QED) is 0.504. The fraction of sp³-hybridized carbons (Fsp3) is 0.0714. The lowest BCUT2D eigenvalue weighted by Gasteiger charge is -2.06. The summed E-state index contributed by atoms with van der Waals surface area (Å²) in [7, 11) is 1.53. The van der Waals surface area contributed by atoms with E-state index in [0.717, 1.165) is 0 Å². The third-order valence-corrected chi connectivity index (χ3v) is 2.69. The maximum Gasteiger partial charge on any atom is 0.335 e. The predicted molar refractivity (Wildman–Crippen MR) is 71.6 cm³/mol. The molecule has 2 aromatic rings. The summed E-state index contributed by atoms with van der Waals surface area (Å²) in [4.78, 5) is 15.0. The van der Waals surface area contributed by atoms with E-state index in [4.69, 9.17) is 9.84 Å². The van der Waals surface area contributed by atoms with Crippen LogP contribution in [-0.4, -0.2) is 34.1 Å². The molecule has 0 unspecified atom stereocenters. The van der Waals surface area contributed by atoms with E-state index in [-0.39, 0.29) is 17.0 Å². The zero-order valence-electron chi connectivity index (χ0n) is 10.6. The number of carboxylic acids is 1. The van der Waals surface area contributed by atoms with Crippen molar-refractivity contribution in [2.75, 3.05) is 7.11 Å². The second-order valence-corrected chi connectivity index (χ2v) is 3.92. The van der Waals surface area contributed by atoms with Crippen molar-refractivity contribution < 1.29 is 19.8 Å². The topological polar surface area (TPSA) is 92.0 Å². The second-order valence-electron chi connectivity index (χ2n) is 3.92. The highest BCUT2D eigenvalue weighted by Crippen LogP contribution is 2.16. The molecule has 6 heteroatoms. The average molecular weight is 272 g/mol. The molecule has 0 fully saturated rings. The van der Waals surface area contributed by atoms with Crippen LogP contribution in [0.25, 0.3) is 0 Å². The van der Waals surface area contributed by atoms with Crippen molar-refractivity contribution in [2.24, 2.45) is 5.16 Å². The molecule has 0 saturated carbocycles. The van der Waals surface area contributed by atoms with Crippen LogP contribution in [0.5, 0.6) is 5.75 Å². The van der Waals surface area contributed by atoms with Crippen LogP contribution < -0.4 is 4.74 Å². The summed E-state index contributed by atoms with van der Waals surface area (Å²) in [5.41, 5.74) is 1.08. The van der Waals surface area contributed by atoms with Gasteiger partial charge in [0.15, 0.2) is 0 Å². The number of ether oxygens (including phenoxy) is 1. The van der Waals surface area contributed by atoms with Crippen molar-refractivity contribution in [1.29, 1.82) is 0 Å². The molecular formula is C14H12N2O4. The number of benzene rings is 1. The highest BCUT2D eigenvalue weighted by atomic mass is 16.5. The van der Waals surface area contributed by atoms with Gasteiger partial charge in [0.2, 0.25) is 0 Å². The van der Waals surface area contributed by atoms with Gasteiger partial charge in [0.1, 0.15) is 11.5 Å². The van der Waals surface area contributed by atoms with Gasteiger partial charge < -0.3 is 15.1 Å². The van der Waals surface area contributed by atoms with Crippen LogP contribution in [0.15, 0.2) is 47.8 Å². The summed E-state index contributed by atoms with van der Waals surface area (Å²) >= 11 is 0. The van der Waals surface area contributed by atoms with E-state index in [2.05, 4.69) is 10.1 Å². The van der Waals surface area contributed by atoms with Gasteiger partial charge in [-0.05, 0) is 24.3 Å². The van der Waals surface area contributed by atoms with Crippen molar-refractivity contribution >= 4 is 11.7 Å².